The largest absolute Gasteiger partial charge is 0.364 e. The second-order valence-electron chi connectivity index (χ2n) is 3.53. The summed E-state index contributed by atoms with van der Waals surface area (Å²) in [5, 5.41) is 9.66. The van der Waals surface area contributed by atoms with Gasteiger partial charge in [0.05, 0.1) is 0 Å². The van der Waals surface area contributed by atoms with Gasteiger partial charge in [-0.1, -0.05) is 29.8 Å². The fourth-order valence-electron chi connectivity index (χ4n) is 1.27. The predicted molar refractivity (Wildman–Crippen MR) is 63.3 cm³/mol. The normalized spacial score (nSPS) is 10.9. The lowest BCUT2D eigenvalue weighted by Gasteiger charge is -1.93. The fourth-order valence-corrected chi connectivity index (χ4v) is 1.27. The molecule has 0 aliphatic rings. The Balaban J connectivity index is 2.23. The van der Waals surface area contributed by atoms with Gasteiger partial charge in [0, 0.05) is 6.21 Å². The number of nitrogens with zero attached hydrogens (tertiary/aromatic N) is 3. The van der Waals surface area contributed by atoms with Gasteiger partial charge in [-0.05, 0) is 12.5 Å². The number of benzene rings is 1. The molecule has 0 unspecified atom stereocenters. The third-order valence-corrected chi connectivity index (χ3v) is 2.18. The van der Waals surface area contributed by atoms with Crippen LogP contribution in [-0.2, 0) is 0 Å². The van der Waals surface area contributed by atoms with Gasteiger partial charge in [-0.2, -0.15) is 5.21 Å². The number of aromatic amines is 1. The molecule has 0 bridgehead atoms. The Labute approximate surface area is 97.6 Å². The molecule has 0 saturated heterocycles. The molecule has 6 heteroatoms. The summed E-state index contributed by atoms with van der Waals surface area (Å²) in [7, 11) is 0. The molecule has 0 fully saturated rings. The van der Waals surface area contributed by atoms with Crippen molar-refractivity contribution in [2.24, 2.45) is 10.7 Å². The van der Waals surface area contributed by atoms with E-state index in [9.17, 15) is 4.79 Å². The highest BCUT2D eigenvalue weighted by Crippen LogP contribution is 2.11. The zero-order valence-corrected chi connectivity index (χ0v) is 9.21. The number of hydrogen-bond donors (Lipinski definition) is 2. The first-order valence-electron chi connectivity index (χ1n) is 4.98. The Morgan fingerprint density at radius 3 is 2.71 bits per heavy atom. The molecule has 17 heavy (non-hydrogen) atoms. The Hall–Kier alpha value is -2.50. The predicted octanol–water partition coefficient (Wildman–Crippen LogP) is 0.963. The van der Waals surface area contributed by atoms with Crippen LogP contribution < -0.4 is 5.73 Å². The monoisotopic (exact) mass is 229 g/mol. The number of aromatic nitrogens is 3. The van der Waals surface area contributed by atoms with E-state index in [2.05, 4.69) is 20.4 Å². The van der Waals surface area contributed by atoms with Gasteiger partial charge in [0.25, 0.3) is 5.91 Å². The average Bonchev–Trinajstić information content (AvgIpc) is 2.76. The van der Waals surface area contributed by atoms with E-state index in [4.69, 9.17) is 5.73 Å². The molecular weight excluding hydrogens is 218 g/mol. The van der Waals surface area contributed by atoms with Crippen molar-refractivity contribution < 1.29 is 4.79 Å². The highest BCUT2D eigenvalue weighted by Gasteiger charge is 2.11. The van der Waals surface area contributed by atoms with Gasteiger partial charge < -0.3 is 5.73 Å². The van der Waals surface area contributed by atoms with E-state index in [1.807, 2.05) is 31.2 Å². The summed E-state index contributed by atoms with van der Waals surface area (Å²) in [6.45, 7) is 2.00. The standard InChI is InChI=1S/C11H11N5O/c1-7-2-4-8(5-3-7)6-13-11-9(10(12)17)14-16-15-11/h2-6H,1H3,(H2,12,17)(H,14,15,16). The van der Waals surface area contributed by atoms with Gasteiger partial charge in [-0.15, -0.1) is 10.2 Å². The molecule has 0 aliphatic carbocycles. The van der Waals surface area contributed by atoms with Gasteiger partial charge in [-0.25, -0.2) is 4.99 Å². The zero-order chi connectivity index (χ0) is 12.3. The van der Waals surface area contributed by atoms with E-state index < -0.39 is 5.91 Å². The van der Waals surface area contributed by atoms with E-state index in [1.165, 1.54) is 5.56 Å². The molecule has 1 amide bonds. The number of nitrogens with one attached hydrogen (secondary N) is 1. The maximum atomic E-state index is 11.0. The van der Waals surface area contributed by atoms with Gasteiger partial charge in [-0.3, -0.25) is 4.79 Å². The van der Waals surface area contributed by atoms with Gasteiger partial charge in [0.1, 0.15) is 0 Å². The van der Waals surface area contributed by atoms with Crippen LogP contribution in [0.25, 0.3) is 0 Å². The molecule has 0 atom stereocenters. The molecule has 2 rings (SSSR count). The molecule has 2 aromatic rings. The van der Waals surface area contributed by atoms with Crippen molar-refractivity contribution in [2.75, 3.05) is 0 Å². The number of aliphatic imine (C=N–C) groups is 1. The summed E-state index contributed by atoms with van der Waals surface area (Å²) < 4.78 is 0. The Morgan fingerprint density at radius 1 is 1.35 bits per heavy atom. The summed E-state index contributed by atoms with van der Waals surface area (Å²) in [4.78, 5) is 15.0. The molecule has 0 saturated carbocycles. The topological polar surface area (TPSA) is 97.0 Å². The van der Waals surface area contributed by atoms with Crippen LogP contribution in [0.5, 0.6) is 0 Å². The Kier molecular flexibility index (Phi) is 2.95. The zero-order valence-electron chi connectivity index (χ0n) is 9.21. The molecular formula is C11H11N5O. The van der Waals surface area contributed by atoms with Crippen molar-refractivity contribution in [3.63, 3.8) is 0 Å². The second-order valence-corrected chi connectivity index (χ2v) is 3.53. The molecule has 0 aliphatic heterocycles. The maximum absolute atomic E-state index is 11.0. The van der Waals surface area contributed by atoms with Crippen LogP contribution in [0.15, 0.2) is 29.3 Å². The van der Waals surface area contributed by atoms with Crippen LogP contribution in [0.3, 0.4) is 0 Å². The lowest BCUT2D eigenvalue weighted by atomic mass is 10.2. The van der Waals surface area contributed by atoms with E-state index in [-0.39, 0.29) is 11.5 Å². The summed E-state index contributed by atoms with van der Waals surface area (Å²) in [6, 6.07) is 7.78. The number of primary amides is 1. The summed E-state index contributed by atoms with van der Waals surface area (Å²) in [6.07, 6.45) is 1.60. The van der Waals surface area contributed by atoms with Crippen molar-refractivity contribution >= 4 is 17.9 Å². The van der Waals surface area contributed by atoms with Crippen LogP contribution in [-0.4, -0.2) is 27.5 Å². The van der Waals surface area contributed by atoms with Gasteiger partial charge in [0.2, 0.25) is 5.82 Å². The van der Waals surface area contributed by atoms with Crippen LogP contribution in [0.2, 0.25) is 0 Å². The van der Waals surface area contributed by atoms with E-state index in [1.54, 1.807) is 6.21 Å². The number of carbonyl (C=O) groups is 1. The quantitative estimate of drug-likeness (QED) is 0.767. The first-order valence-corrected chi connectivity index (χ1v) is 4.98. The lowest BCUT2D eigenvalue weighted by molar-refractivity contribution is 0.0996. The lowest BCUT2D eigenvalue weighted by Crippen LogP contribution is -2.11. The number of rotatable bonds is 3. The van der Waals surface area contributed by atoms with Crippen molar-refractivity contribution in [2.45, 2.75) is 6.92 Å². The third-order valence-electron chi connectivity index (χ3n) is 2.18. The Bertz CT molecular complexity index is 555. The minimum atomic E-state index is -0.658. The molecule has 1 aromatic carbocycles. The summed E-state index contributed by atoms with van der Waals surface area (Å²) in [5.74, 6) is -0.465. The number of H-pyrrole nitrogens is 1. The molecule has 0 spiro atoms. The fraction of sp³-hybridized carbons (Fsp3) is 0.0909. The van der Waals surface area contributed by atoms with Crippen LogP contribution in [0, 0.1) is 6.92 Å². The first kappa shape index (κ1) is 11.0. The van der Waals surface area contributed by atoms with Crippen molar-refractivity contribution in [3.8, 4) is 0 Å². The van der Waals surface area contributed by atoms with E-state index in [0.717, 1.165) is 5.56 Å². The molecule has 3 N–H and O–H groups in total. The van der Waals surface area contributed by atoms with Crippen LogP contribution in [0.4, 0.5) is 5.82 Å². The van der Waals surface area contributed by atoms with Crippen molar-refractivity contribution in [3.05, 3.63) is 41.1 Å². The van der Waals surface area contributed by atoms with E-state index >= 15 is 0 Å². The van der Waals surface area contributed by atoms with Gasteiger partial charge >= 0.3 is 0 Å². The Morgan fingerprint density at radius 2 is 2.06 bits per heavy atom. The summed E-state index contributed by atoms with van der Waals surface area (Å²) >= 11 is 0. The number of amides is 1. The first-order chi connectivity index (χ1) is 8.16. The number of carbonyl (C=O) groups excluding carboxylic acids is 1. The third kappa shape index (κ3) is 2.54. The van der Waals surface area contributed by atoms with Crippen LogP contribution in [0.1, 0.15) is 21.6 Å². The number of aryl methyl sites for hydroxylation is 1. The minimum absolute atomic E-state index is 0.0355. The second kappa shape index (κ2) is 4.56. The minimum Gasteiger partial charge on any atom is -0.364 e. The molecule has 0 radical (unpaired) electrons. The van der Waals surface area contributed by atoms with Crippen LogP contribution >= 0.6 is 0 Å². The van der Waals surface area contributed by atoms with Crippen molar-refractivity contribution in [1.82, 2.24) is 15.4 Å². The average molecular weight is 229 g/mol. The molecule has 1 heterocycles. The highest BCUT2D eigenvalue weighted by atomic mass is 16.1. The van der Waals surface area contributed by atoms with Gasteiger partial charge in [0.15, 0.2) is 5.69 Å². The van der Waals surface area contributed by atoms with Crippen molar-refractivity contribution in [1.29, 1.82) is 0 Å². The number of hydrogen-bond acceptors (Lipinski definition) is 4. The molecule has 6 nitrogen and oxygen atoms in total. The maximum Gasteiger partial charge on any atom is 0.273 e. The highest BCUT2D eigenvalue weighted by molar-refractivity contribution is 5.95. The molecule has 1 aromatic heterocycles. The summed E-state index contributed by atoms with van der Waals surface area (Å²) in [5.41, 5.74) is 7.23. The molecule has 86 valence electrons. The smallest absolute Gasteiger partial charge is 0.273 e. The number of nitrogens with two attached hydrogens (primary N) is 1. The van der Waals surface area contributed by atoms with E-state index in [0.29, 0.717) is 0 Å². The SMILES string of the molecule is Cc1ccc(C=Nc2n[nH]nc2C(N)=O)cc1.